The fourth-order valence-corrected chi connectivity index (χ4v) is 4.15. The highest BCUT2D eigenvalue weighted by Gasteiger charge is 2.27. The summed E-state index contributed by atoms with van der Waals surface area (Å²) < 4.78 is 15.8. The van der Waals surface area contributed by atoms with Crippen LogP contribution in [0, 0.1) is 0 Å². The predicted molar refractivity (Wildman–Crippen MR) is 106 cm³/mol. The van der Waals surface area contributed by atoms with Gasteiger partial charge in [-0.05, 0) is 42.5 Å². The molecule has 1 aliphatic rings. The summed E-state index contributed by atoms with van der Waals surface area (Å²) in [4.78, 5) is 28.6. The van der Waals surface area contributed by atoms with Gasteiger partial charge < -0.3 is 24.4 Å². The molecule has 2 heterocycles. The summed E-state index contributed by atoms with van der Waals surface area (Å²) in [5.41, 5.74) is 1.51. The molecule has 1 aromatic heterocycles. The second-order valence-corrected chi connectivity index (χ2v) is 7.49. The van der Waals surface area contributed by atoms with Crippen molar-refractivity contribution in [1.82, 2.24) is 10.2 Å². The molecule has 2 amide bonds. The summed E-state index contributed by atoms with van der Waals surface area (Å²) in [6.07, 6.45) is 0.853. The molecule has 0 saturated heterocycles. The summed E-state index contributed by atoms with van der Waals surface area (Å²) in [5, 5.41) is 4.82. The van der Waals surface area contributed by atoms with Crippen molar-refractivity contribution in [2.45, 2.75) is 25.9 Å². The fraction of sp³-hybridized carbons (Fsp3) is 0.400. The Morgan fingerprint density at radius 2 is 1.82 bits per heavy atom. The number of hydrogen-bond donors (Lipinski definition) is 1. The zero-order chi connectivity index (χ0) is 20.3. The molecule has 1 aliphatic heterocycles. The Hall–Kier alpha value is -2.74. The minimum atomic E-state index is -0.647. The maximum Gasteiger partial charge on any atom is 0.252 e. The smallest absolute Gasteiger partial charge is 0.252 e. The van der Waals surface area contributed by atoms with E-state index in [1.165, 1.54) is 31.8 Å². The molecule has 0 fully saturated rings. The van der Waals surface area contributed by atoms with E-state index in [9.17, 15) is 9.59 Å². The van der Waals surface area contributed by atoms with Crippen LogP contribution in [0.2, 0.25) is 0 Å². The Labute approximate surface area is 168 Å². The highest BCUT2D eigenvalue weighted by molar-refractivity contribution is 7.10. The fourth-order valence-electron chi connectivity index (χ4n) is 3.26. The Morgan fingerprint density at radius 1 is 1.14 bits per heavy atom. The summed E-state index contributed by atoms with van der Waals surface area (Å²) in [7, 11) is 4.47. The zero-order valence-corrected chi connectivity index (χ0v) is 17.2. The van der Waals surface area contributed by atoms with Crippen LogP contribution in [0.4, 0.5) is 0 Å². The largest absolute Gasteiger partial charge is 0.493 e. The van der Waals surface area contributed by atoms with Gasteiger partial charge in [0.25, 0.3) is 5.91 Å². The van der Waals surface area contributed by atoms with Crippen LogP contribution in [-0.4, -0.2) is 50.6 Å². The van der Waals surface area contributed by atoms with Crippen LogP contribution in [-0.2, 0) is 17.8 Å². The molecule has 0 aliphatic carbocycles. The van der Waals surface area contributed by atoms with Gasteiger partial charge in [0.05, 0.1) is 21.3 Å². The lowest BCUT2D eigenvalue weighted by Gasteiger charge is -2.29. The van der Waals surface area contributed by atoms with E-state index in [0.29, 0.717) is 35.9 Å². The monoisotopic (exact) mass is 404 g/mol. The number of ether oxygens (including phenoxy) is 3. The number of methoxy groups -OCH3 is 3. The number of hydrogen-bond acceptors (Lipinski definition) is 6. The van der Waals surface area contributed by atoms with Crippen LogP contribution in [0.5, 0.6) is 17.2 Å². The number of thiophene rings is 1. The molecular formula is C20H24N2O5S. The first kappa shape index (κ1) is 20.0. The third kappa shape index (κ3) is 3.91. The minimum absolute atomic E-state index is 0.0994. The van der Waals surface area contributed by atoms with Crippen molar-refractivity contribution in [2.24, 2.45) is 0 Å². The van der Waals surface area contributed by atoms with Gasteiger partial charge in [0, 0.05) is 23.5 Å². The summed E-state index contributed by atoms with van der Waals surface area (Å²) in [5.74, 6) is 0.690. The first-order valence-electron chi connectivity index (χ1n) is 8.93. The lowest BCUT2D eigenvalue weighted by Crippen LogP contribution is -2.48. The number of benzene rings is 1. The number of rotatable bonds is 6. The van der Waals surface area contributed by atoms with E-state index < -0.39 is 6.04 Å². The molecule has 1 N–H and O–H groups in total. The molecule has 2 aromatic rings. The van der Waals surface area contributed by atoms with Crippen molar-refractivity contribution in [3.8, 4) is 17.2 Å². The van der Waals surface area contributed by atoms with Crippen molar-refractivity contribution in [1.29, 1.82) is 0 Å². The first-order chi connectivity index (χ1) is 13.5. The number of carbonyl (C=O) groups is 2. The molecule has 0 bridgehead atoms. The quantitative estimate of drug-likeness (QED) is 0.800. The van der Waals surface area contributed by atoms with Gasteiger partial charge in [-0.3, -0.25) is 9.59 Å². The lowest BCUT2D eigenvalue weighted by molar-refractivity contribution is -0.133. The maximum absolute atomic E-state index is 12.8. The first-order valence-corrected chi connectivity index (χ1v) is 9.81. The number of nitrogens with one attached hydrogen (secondary N) is 1. The van der Waals surface area contributed by atoms with E-state index >= 15 is 0 Å². The summed E-state index contributed by atoms with van der Waals surface area (Å²) >= 11 is 1.72. The van der Waals surface area contributed by atoms with Crippen molar-refractivity contribution < 1.29 is 23.8 Å². The second kappa shape index (κ2) is 8.52. The molecular weight excluding hydrogens is 380 g/mol. The molecule has 0 radical (unpaired) electrons. The van der Waals surface area contributed by atoms with E-state index in [-0.39, 0.29) is 11.8 Å². The van der Waals surface area contributed by atoms with Crippen LogP contribution in [0.15, 0.2) is 23.6 Å². The highest BCUT2D eigenvalue weighted by atomic mass is 32.1. The average Bonchev–Trinajstić information content (AvgIpc) is 3.19. The van der Waals surface area contributed by atoms with Crippen molar-refractivity contribution in [3.63, 3.8) is 0 Å². The van der Waals surface area contributed by atoms with Crippen molar-refractivity contribution in [2.75, 3.05) is 27.9 Å². The predicted octanol–water partition coefficient (Wildman–Crippen LogP) is 2.48. The van der Waals surface area contributed by atoms with Crippen LogP contribution >= 0.6 is 11.3 Å². The molecule has 8 heteroatoms. The number of nitrogens with zero attached hydrogens (tertiary/aromatic N) is 1. The van der Waals surface area contributed by atoms with Crippen LogP contribution in [0.3, 0.4) is 0 Å². The topological polar surface area (TPSA) is 77.1 Å². The molecule has 28 heavy (non-hydrogen) atoms. The highest BCUT2D eigenvalue weighted by Crippen LogP contribution is 2.38. The minimum Gasteiger partial charge on any atom is -0.493 e. The molecule has 1 aromatic carbocycles. The molecule has 0 unspecified atom stereocenters. The molecule has 150 valence electrons. The summed E-state index contributed by atoms with van der Waals surface area (Å²) in [6, 6.07) is 4.53. The number of fused-ring (bicyclic) bond motifs is 1. The molecule has 1 atom stereocenters. The summed E-state index contributed by atoms with van der Waals surface area (Å²) in [6.45, 7) is 2.94. The Kier molecular flexibility index (Phi) is 6.08. The van der Waals surface area contributed by atoms with Crippen molar-refractivity contribution in [3.05, 3.63) is 39.6 Å². The van der Waals surface area contributed by atoms with E-state index in [2.05, 4.69) is 11.4 Å². The van der Waals surface area contributed by atoms with E-state index in [0.717, 1.165) is 6.42 Å². The van der Waals surface area contributed by atoms with Crippen LogP contribution in [0.25, 0.3) is 0 Å². The third-order valence-corrected chi connectivity index (χ3v) is 5.79. The Bertz CT molecular complexity index is 854. The van der Waals surface area contributed by atoms with Gasteiger partial charge in [-0.1, -0.05) is 0 Å². The number of carbonyl (C=O) groups excluding carboxylic acids is 2. The van der Waals surface area contributed by atoms with Gasteiger partial charge in [0.15, 0.2) is 11.5 Å². The van der Waals surface area contributed by atoms with Gasteiger partial charge in [-0.25, -0.2) is 0 Å². The SMILES string of the molecule is COc1cc(C(=O)N[C@H](C)C(=O)N2CCc3sccc3C2)cc(OC)c1OC. The number of amides is 2. The molecule has 7 nitrogen and oxygen atoms in total. The molecule has 0 saturated carbocycles. The van der Waals surface area contributed by atoms with Gasteiger partial charge in [-0.2, -0.15) is 0 Å². The van der Waals surface area contributed by atoms with Gasteiger partial charge >= 0.3 is 0 Å². The van der Waals surface area contributed by atoms with Gasteiger partial charge in [0.1, 0.15) is 6.04 Å². The van der Waals surface area contributed by atoms with Crippen LogP contribution < -0.4 is 19.5 Å². The Morgan fingerprint density at radius 3 is 2.43 bits per heavy atom. The second-order valence-electron chi connectivity index (χ2n) is 6.49. The molecule has 0 spiro atoms. The van der Waals surface area contributed by atoms with E-state index in [4.69, 9.17) is 14.2 Å². The molecule has 3 rings (SSSR count). The van der Waals surface area contributed by atoms with Gasteiger partial charge in [-0.15, -0.1) is 11.3 Å². The standard InChI is InChI=1S/C20H24N2O5S/c1-12(20(24)22-7-5-17-13(11-22)6-8-28-17)21-19(23)14-9-15(25-2)18(27-4)16(10-14)26-3/h6,8-10,12H,5,7,11H2,1-4H3,(H,21,23)/t12-/m1/s1. The van der Waals surface area contributed by atoms with E-state index in [1.807, 2.05) is 5.38 Å². The zero-order valence-electron chi connectivity index (χ0n) is 16.4. The average molecular weight is 404 g/mol. The third-order valence-electron chi connectivity index (χ3n) is 4.76. The van der Waals surface area contributed by atoms with E-state index in [1.54, 1.807) is 35.3 Å². The van der Waals surface area contributed by atoms with Gasteiger partial charge in [0.2, 0.25) is 11.7 Å². The van der Waals surface area contributed by atoms with Crippen molar-refractivity contribution >= 4 is 23.2 Å². The normalized spacial score (nSPS) is 14.1. The lowest BCUT2D eigenvalue weighted by atomic mass is 10.1. The maximum atomic E-state index is 12.8. The van der Waals surface area contributed by atoms with Crippen LogP contribution in [0.1, 0.15) is 27.7 Å². The Balaban J connectivity index is 1.71.